The first-order valence-corrected chi connectivity index (χ1v) is 11.8. The summed E-state index contributed by atoms with van der Waals surface area (Å²) in [7, 11) is 0. The van der Waals surface area contributed by atoms with Crippen molar-refractivity contribution in [1.82, 2.24) is 4.90 Å². The predicted octanol–water partition coefficient (Wildman–Crippen LogP) is 5.09. The standard InChI is InChI=1S/C28H33NO6/c1-6-16-33-25(30)17-24(26(31)35-28(3,4)5)29(7-2)27(32)34-18-23-21-14-10-8-12-19(21)20-13-9-11-15-22(20)23/h6,8-15,23-24H,1,7,16-18H2,2-5H3/t24-/m0/s1. The van der Waals surface area contributed by atoms with E-state index in [9.17, 15) is 14.4 Å². The Labute approximate surface area is 206 Å². The molecular weight excluding hydrogens is 446 g/mol. The van der Waals surface area contributed by atoms with Crippen LogP contribution in [0.15, 0.2) is 61.2 Å². The van der Waals surface area contributed by atoms with Crippen LogP contribution >= 0.6 is 0 Å². The molecule has 3 rings (SSSR count). The molecule has 186 valence electrons. The first-order valence-electron chi connectivity index (χ1n) is 11.8. The zero-order valence-corrected chi connectivity index (χ0v) is 20.8. The first-order chi connectivity index (χ1) is 16.7. The number of rotatable bonds is 9. The number of esters is 2. The summed E-state index contributed by atoms with van der Waals surface area (Å²) in [6.45, 7) is 10.7. The van der Waals surface area contributed by atoms with Gasteiger partial charge in [0.1, 0.15) is 24.9 Å². The van der Waals surface area contributed by atoms with Gasteiger partial charge in [0.05, 0.1) is 6.42 Å². The average molecular weight is 480 g/mol. The summed E-state index contributed by atoms with van der Waals surface area (Å²) in [6, 6.07) is 14.9. The number of amides is 1. The molecule has 1 aliphatic rings. The summed E-state index contributed by atoms with van der Waals surface area (Å²) in [4.78, 5) is 39.7. The fourth-order valence-electron chi connectivity index (χ4n) is 4.21. The van der Waals surface area contributed by atoms with Crippen molar-refractivity contribution in [2.45, 2.75) is 51.7 Å². The number of fused-ring (bicyclic) bond motifs is 3. The van der Waals surface area contributed by atoms with Crippen LogP contribution in [-0.2, 0) is 23.8 Å². The Balaban J connectivity index is 1.78. The average Bonchev–Trinajstić information content (AvgIpc) is 3.14. The smallest absolute Gasteiger partial charge is 0.410 e. The fraction of sp³-hybridized carbons (Fsp3) is 0.393. The Hall–Kier alpha value is -3.61. The lowest BCUT2D eigenvalue weighted by molar-refractivity contribution is -0.164. The maximum atomic E-state index is 13.2. The van der Waals surface area contributed by atoms with Crippen LogP contribution in [0.2, 0.25) is 0 Å². The van der Waals surface area contributed by atoms with Crippen LogP contribution in [0.1, 0.15) is 51.2 Å². The third kappa shape index (κ3) is 6.29. The summed E-state index contributed by atoms with van der Waals surface area (Å²) < 4.78 is 16.3. The number of hydrogen-bond acceptors (Lipinski definition) is 6. The van der Waals surface area contributed by atoms with Gasteiger partial charge in [0.25, 0.3) is 0 Å². The molecule has 2 aromatic rings. The van der Waals surface area contributed by atoms with E-state index in [1.165, 1.54) is 11.0 Å². The van der Waals surface area contributed by atoms with Crippen LogP contribution in [0.5, 0.6) is 0 Å². The minimum atomic E-state index is -1.17. The van der Waals surface area contributed by atoms with Gasteiger partial charge in [0.15, 0.2) is 0 Å². The van der Waals surface area contributed by atoms with E-state index in [1.54, 1.807) is 27.7 Å². The number of benzene rings is 2. The van der Waals surface area contributed by atoms with Gasteiger partial charge in [-0.3, -0.25) is 9.69 Å². The van der Waals surface area contributed by atoms with Crippen LogP contribution in [0, 0.1) is 0 Å². The van der Waals surface area contributed by atoms with Crippen molar-refractivity contribution in [3.63, 3.8) is 0 Å². The van der Waals surface area contributed by atoms with Gasteiger partial charge in [-0.1, -0.05) is 61.2 Å². The number of carbonyl (C=O) groups excluding carboxylic acids is 3. The molecule has 0 saturated carbocycles. The van der Waals surface area contributed by atoms with E-state index in [1.807, 2.05) is 36.4 Å². The molecule has 1 aliphatic carbocycles. The number of nitrogens with zero attached hydrogens (tertiary/aromatic N) is 1. The fourth-order valence-corrected chi connectivity index (χ4v) is 4.21. The molecule has 0 bridgehead atoms. The molecule has 1 atom stereocenters. The highest BCUT2D eigenvalue weighted by Crippen LogP contribution is 2.44. The van der Waals surface area contributed by atoms with Crippen LogP contribution in [0.3, 0.4) is 0 Å². The number of hydrogen-bond donors (Lipinski definition) is 0. The molecule has 0 aliphatic heterocycles. The molecule has 0 N–H and O–H groups in total. The predicted molar refractivity (Wildman–Crippen MR) is 133 cm³/mol. The van der Waals surface area contributed by atoms with Gasteiger partial charge >= 0.3 is 18.0 Å². The Bertz CT molecular complexity index is 1040. The van der Waals surface area contributed by atoms with Crippen LogP contribution < -0.4 is 0 Å². The molecule has 1 amide bonds. The van der Waals surface area contributed by atoms with Gasteiger partial charge in [0, 0.05) is 12.5 Å². The molecule has 0 radical (unpaired) electrons. The van der Waals surface area contributed by atoms with E-state index >= 15 is 0 Å². The Morgan fingerprint density at radius 2 is 1.57 bits per heavy atom. The Morgan fingerprint density at radius 1 is 1.00 bits per heavy atom. The SMILES string of the molecule is C=CCOC(=O)C[C@@H](C(=O)OC(C)(C)C)N(CC)C(=O)OCC1c2ccccc2-c2ccccc21. The van der Waals surface area contributed by atoms with E-state index in [0.717, 1.165) is 22.3 Å². The van der Waals surface area contributed by atoms with Crippen LogP contribution in [0.25, 0.3) is 11.1 Å². The second-order valence-electron chi connectivity index (χ2n) is 9.32. The third-order valence-corrected chi connectivity index (χ3v) is 5.69. The van der Waals surface area contributed by atoms with Gasteiger partial charge in [-0.05, 0) is 49.9 Å². The molecule has 0 aromatic heterocycles. The Morgan fingerprint density at radius 3 is 2.09 bits per heavy atom. The van der Waals surface area contributed by atoms with Gasteiger partial charge in [0.2, 0.25) is 0 Å². The first kappa shape index (κ1) is 26.0. The normalized spacial score (nSPS) is 13.3. The highest BCUT2D eigenvalue weighted by molar-refractivity contribution is 5.86. The highest BCUT2D eigenvalue weighted by atomic mass is 16.6. The zero-order valence-electron chi connectivity index (χ0n) is 20.8. The molecule has 0 saturated heterocycles. The zero-order chi connectivity index (χ0) is 25.6. The van der Waals surface area contributed by atoms with Crippen molar-refractivity contribution in [3.8, 4) is 11.1 Å². The van der Waals surface area contributed by atoms with Crippen LogP contribution in [-0.4, -0.2) is 54.3 Å². The van der Waals surface area contributed by atoms with Crippen molar-refractivity contribution < 1.29 is 28.6 Å². The number of carbonyl (C=O) groups is 3. The second kappa shape index (κ2) is 11.2. The molecule has 0 unspecified atom stereocenters. The molecule has 7 nitrogen and oxygen atoms in total. The molecule has 0 spiro atoms. The van der Waals surface area contributed by atoms with Crippen molar-refractivity contribution in [2.24, 2.45) is 0 Å². The summed E-state index contributed by atoms with van der Waals surface area (Å²) in [5.41, 5.74) is 3.62. The van der Waals surface area contributed by atoms with Crippen molar-refractivity contribution in [1.29, 1.82) is 0 Å². The molecule has 0 heterocycles. The van der Waals surface area contributed by atoms with E-state index in [2.05, 4.69) is 18.7 Å². The largest absolute Gasteiger partial charge is 0.461 e. The molecule has 0 fully saturated rings. The minimum absolute atomic E-state index is 0.0109. The van der Waals surface area contributed by atoms with E-state index in [4.69, 9.17) is 14.2 Å². The van der Waals surface area contributed by atoms with Gasteiger partial charge < -0.3 is 14.2 Å². The van der Waals surface area contributed by atoms with E-state index in [0.29, 0.717) is 0 Å². The number of likely N-dealkylation sites (N-methyl/N-ethyl adjacent to an activating group) is 1. The number of ether oxygens (including phenoxy) is 3. The summed E-state index contributed by atoms with van der Waals surface area (Å²) >= 11 is 0. The monoisotopic (exact) mass is 479 g/mol. The minimum Gasteiger partial charge on any atom is -0.461 e. The molecular formula is C28H33NO6. The van der Waals surface area contributed by atoms with Crippen molar-refractivity contribution >= 4 is 18.0 Å². The second-order valence-corrected chi connectivity index (χ2v) is 9.32. The maximum absolute atomic E-state index is 13.2. The van der Waals surface area contributed by atoms with Gasteiger partial charge in [-0.2, -0.15) is 0 Å². The lowest BCUT2D eigenvalue weighted by atomic mass is 9.98. The third-order valence-electron chi connectivity index (χ3n) is 5.69. The molecule has 7 heteroatoms. The summed E-state index contributed by atoms with van der Waals surface area (Å²) in [6.07, 6.45) is 0.395. The summed E-state index contributed by atoms with van der Waals surface area (Å²) in [5.74, 6) is -1.45. The Kier molecular flexibility index (Phi) is 8.33. The van der Waals surface area contributed by atoms with Crippen LogP contribution in [0.4, 0.5) is 4.79 Å². The van der Waals surface area contributed by atoms with Gasteiger partial charge in [-0.15, -0.1) is 0 Å². The lowest BCUT2D eigenvalue weighted by Crippen LogP contribution is -2.49. The van der Waals surface area contributed by atoms with E-state index < -0.39 is 29.7 Å². The highest BCUT2D eigenvalue weighted by Gasteiger charge is 2.37. The summed E-state index contributed by atoms with van der Waals surface area (Å²) in [5, 5.41) is 0. The maximum Gasteiger partial charge on any atom is 0.410 e. The van der Waals surface area contributed by atoms with Gasteiger partial charge in [-0.25, -0.2) is 9.59 Å². The molecule has 2 aromatic carbocycles. The van der Waals surface area contributed by atoms with E-state index in [-0.39, 0.29) is 32.1 Å². The quantitative estimate of drug-likeness (QED) is 0.283. The lowest BCUT2D eigenvalue weighted by Gasteiger charge is -2.31. The van der Waals surface area contributed by atoms with Crippen molar-refractivity contribution in [2.75, 3.05) is 19.8 Å². The van der Waals surface area contributed by atoms with Crippen molar-refractivity contribution in [3.05, 3.63) is 72.3 Å². The molecule has 35 heavy (non-hydrogen) atoms. The topological polar surface area (TPSA) is 82.1 Å².